The second-order valence-electron chi connectivity index (χ2n) is 5.63. The number of aliphatic hydroxyl groups is 1. The summed E-state index contributed by atoms with van der Waals surface area (Å²) in [5.41, 5.74) is 2.40. The number of nitrogens with zero attached hydrogens (tertiary/aromatic N) is 1. The standard InChI is InChI=1S/C16H26N2O/c1-2-14-8-5-9-18-16(14)12-17-11-15(19)10-13-6-3-4-7-13/h5,8-9,13,15,17,19H,2-4,6-7,10-12H2,1H3. The molecular formula is C16H26N2O. The first-order valence-electron chi connectivity index (χ1n) is 7.61. The molecule has 1 aliphatic rings. The van der Waals surface area contributed by atoms with Crippen LogP contribution in [-0.4, -0.2) is 22.7 Å². The molecule has 0 bridgehead atoms. The summed E-state index contributed by atoms with van der Waals surface area (Å²) in [4.78, 5) is 4.41. The lowest BCUT2D eigenvalue weighted by Gasteiger charge is -2.16. The van der Waals surface area contributed by atoms with Crippen LogP contribution in [0.3, 0.4) is 0 Å². The van der Waals surface area contributed by atoms with Crippen molar-refractivity contribution in [2.24, 2.45) is 5.92 Å². The third-order valence-corrected chi connectivity index (χ3v) is 4.12. The number of hydrogen-bond acceptors (Lipinski definition) is 3. The van der Waals surface area contributed by atoms with E-state index >= 15 is 0 Å². The Kier molecular flexibility index (Phi) is 5.80. The Morgan fingerprint density at radius 1 is 1.42 bits per heavy atom. The molecule has 1 fully saturated rings. The van der Waals surface area contributed by atoms with Gasteiger partial charge in [-0.25, -0.2) is 0 Å². The van der Waals surface area contributed by atoms with Crippen LogP contribution < -0.4 is 5.32 Å². The first-order chi connectivity index (χ1) is 9.29. The Balaban J connectivity index is 1.70. The van der Waals surface area contributed by atoms with E-state index in [0.717, 1.165) is 31.0 Å². The molecule has 1 saturated carbocycles. The zero-order valence-corrected chi connectivity index (χ0v) is 11.9. The Morgan fingerprint density at radius 3 is 2.95 bits per heavy atom. The van der Waals surface area contributed by atoms with Gasteiger partial charge in [0.15, 0.2) is 0 Å². The summed E-state index contributed by atoms with van der Waals surface area (Å²) in [6.07, 6.45) is 8.89. The fourth-order valence-electron chi connectivity index (χ4n) is 3.02. The van der Waals surface area contributed by atoms with Crippen LogP contribution in [0.1, 0.15) is 50.3 Å². The van der Waals surface area contributed by atoms with Gasteiger partial charge < -0.3 is 10.4 Å². The number of nitrogens with one attached hydrogen (secondary N) is 1. The Labute approximate surface area is 116 Å². The highest BCUT2D eigenvalue weighted by Gasteiger charge is 2.18. The lowest BCUT2D eigenvalue weighted by atomic mass is 10.00. The highest BCUT2D eigenvalue weighted by molar-refractivity contribution is 5.19. The van der Waals surface area contributed by atoms with Crippen molar-refractivity contribution in [2.75, 3.05) is 6.54 Å². The molecule has 0 aliphatic heterocycles. The van der Waals surface area contributed by atoms with Crippen LogP contribution in [0, 0.1) is 5.92 Å². The van der Waals surface area contributed by atoms with Gasteiger partial charge in [-0.1, -0.05) is 38.7 Å². The number of hydrogen-bond donors (Lipinski definition) is 2. The maximum Gasteiger partial charge on any atom is 0.0667 e. The second-order valence-corrected chi connectivity index (χ2v) is 5.63. The maximum absolute atomic E-state index is 10.0. The number of aliphatic hydroxyl groups excluding tert-OH is 1. The molecule has 0 amide bonds. The van der Waals surface area contributed by atoms with Gasteiger partial charge in [0.05, 0.1) is 11.8 Å². The van der Waals surface area contributed by atoms with Gasteiger partial charge in [0.25, 0.3) is 0 Å². The first-order valence-corrected chi connectivity index (χ1v) is 7.61. The minimum Gasteiger partial charge on any atom is -0.392 e. The summed E-state index contributed by atoms with van der Waals surface area (Å²) in [5, 5.41) is 13.4. The molecule has 2 rings (SSSR count). The monoisotopic (exact) mass is 262 g/mol. The van der Waals surface area contributed by atoms with Crippen LogP contribution in [0.15, 0.2) is 18.3 Å². The van der Waals surface area contributed by atoms with Gasteiger partial charge in [-0.2, -0.15) is 0 Å². The van der Waals surface area contributed by atoms with Gasteiger partial charge in [0.2, 0.25) is 0 Å². The zero-order chi connectivity index (χ0) is 13.5. The van der Waals surface area contributed by atoms with Gasteiger partial charge in [-0.3, -0.25) is 4.98 Å². The molecule has 0 saturated heterocycles. The van der Waals surface area contributed by atoms with E-state index < -0.39 is 0 Å². The van der Waals surface area contributed by atoms with E-state index in [4.69, 9.17) is 0 Å². The third-order valence-electron chi connectivity index (χ3n) is 4.12. The molecule has 1 aromatic heterocycles. The highest BCUT2D eigenvalue weighted by Crippen LogP contribution is 2.28. The van der Waals surface area contributed by atoms with Crippen LogP contribution in [0.25, 0.3) is 0 Å². The second kappa shape index (κ2) is 7.61. The highest BCUT2D eigenvalue weighted by atomic mass is 16.3. The summed E-state index contributed by atoms with van der Waals surface area (Å²) in [6, 6.07) is 4.11. The minimum absolute atomic E-state index is 0.211. The van der Waals surface area contributed by atoms with Crippen molar-refractivity contribution < 1.29 is 5.11 Å². The van der Waals surface area contributed by atoms with E-state index in [1.54, 1.807) is 0 Å². The molecule has 1 atom stereocenters. The van der Waals surface area contributed by atoms with Crippen molar-refractivity contribution in [3.05, 3.63) is 29.6 Å². The predicted octanol–water partition coefficient (Wildman–Crippen LogP) is 2.67. The smallest absolute Gasteiger partial charge is 0.0667 e. The summed E-state index contributed by atoms with van der Waals surface area (Å²) >= 11 is 0. The Morgan fingerprint density at radius 2 is 2.21 bits per heavy atom. The normalized spacial score (nSPS) is 17.8. The van der Waals surface area contributed by atoms with Crippen molar-refractivity contribution in [2.45, 2.75) is 58.1 Å². The molecular weight excluding hydrogens is 236 g/mol. The molecule has 2 N–H and O–H groups in total. The molecule has 1 unspecified atom stereocenters. The van der Waals surface area contributed by atoms with Crippen LogP contribution in [-0.2, 0) is 13.0 Å². The van der Waals surface area contributed by atoms with Crippen molar-refractivity contribution >= 4 is 0 Å². The first kappa shape index (κ1) is 14.5. The maximum atomic E-state index is 10.0. The Hall–Kier alpha value is -0.930. The fourth-order valence-corrected chi connectivity index (χ4v) is 3.02. The molecule has 1 heterocycles. The fraction of sp³-hybridized carbons (Fsp3) is 0.688. The van der Waals surface area contributed by atoms with Crippen molar-refractivity contribution in [3.8, 4) is 0 Å². The number of aromatic nitrogens is 1. The van der Waals surface area contributed by atoms with Crippen molar-refractivity contribution in [1.82, 2.24) is 10.3 Å². The van der Waals surface area contributed by atoms with Gasteiger partial charge in [0, 0.05) is 19.3 Å². The van der Waals surface area contributed by atoms with Crippen LogP contribution in [0.2, 0.25) is 0 Å². The van der Waals surface area contributed by atoms with Crippen LogP contribution >= 0.6 is 0 Å². The summed E-state index contributed by atoms with van der Waals surface area (Å²) < 4.78 is 0. The molecule has 3 nitrogen and oxygen atoms in total. The van der Waals surface area contributed by atoms with E-state index in [2.05, 4.69) is 23.3 Å². The molecule has 3 heteroatoms. The molecule has 0 spiro atoms. The number of rotatable bonds is 7. The molecule has 1 aliphatic carbocycles. The van der Waals surface area contributed by atoms with E-state index in [9.17, 15) is 5.11 Å². The molecule has 106 valence electrons. The summed E-state index contributed by atoms with van der Waals surface area (Å²) in [7, 11) is 0. The summed E-state index contributed by atoms with van der Waals surface area (Å²) in [5.74, 6) is 0.748. The average Bonchev–Trinajstić information content (AvgIpc) is 2.92. The minimum atomic E-state index is -0.211. The largest absolute Gasteiger partial charge is 0.392 e. The molecule has 1 aromatic rings. The predicted molar refractivity (Wildman–Crippen MR) is 77.9 cm³/mol. The van der Waals surface area contributed by atoms with E-state index in [-0.39, 0.29) is 6.10 Å². The average molecular weight is 262 g/mol. The molecule has 0 radical (unpaired) electrons. The lowest BCUT2D eigenvalue weighted by Crippen LogP contribution is -2.28. The topological polar surface area (TPSA) is 45.2 Å². The van der Waals surface area contributed by atoms with Gasteiger partial charge in [-0.15, -0.1) is 0 Å². The molecule has 19 heavy (non-hydrogen) atoms. The van der Waals surface area contributed by atoms with Crippen LogP contribution in [0.5, 0.6) is 0 Å². The quantitative estimate of drug-likeness (QED) is 0.794. The number of aryl methyl sites for hydroxylation is 1. The van der Waals surface area contributed by atoms with Crippen LogP contribution in [0.4, 0.5) is 0 Å². The van der Waals surface area contributed by atoms with Crippen molar-refractivity contribution in [3.63, 3.8) is 0 Å². The Bertz CT molecular complexity index is 375. The number of pyridine rings is 1. The third kappa shape index (κ3) is 4.59. The summed E-state index contributed by atoms with van der Waals surface area (Å²) in [6.45, 7) is 3.58. The SMILES string of the molecule is CCc1cccnc1CNCC(O)CC1CCCC1. The van der Waals surface area contributed by atoms with Gasteiger partial charge >= 0.3 is 0 Å². The van der Waals surface area contributed by atoms with Crippen molar-refractivity contribution in [1.29, 1.82) is 0 Å². The lowest BCUT2D eigenvalue weighted by molar-refractivity contribution is 0.140. The van der Waals surface area contributed by atoms with E-state index in [1.165, 1.54) is 31.2 Å². The van der Waals surface area contributed by atoms with E-state index in [0.29, 0.717) is 6.54 Å². The van der Waals surface area contributed by atoms with E-state index in [1.807, 2.05) is 12.3 Å². The zero-order valence-electron chi connectivity index (χ0n) is 11.9. The van der Waals surface area contributed by atoms with Gasteiger partial charge in [0.1, 0.15) is 0 Å². The van der Waals surface area contributed by atoms with Gasteiger partial charge in [-0.05, 0) is 30.4 Å². The molecule has 0 aromatic carbocycles.